The Kier molecular flexibility index (Phi) is 5.55. The molecule has 30 heavy (non-hydrogen) atoms. The molecule has 1 N–H and O–H groups in total. The van der Waals surface area contributed by atoms with Gasteiger partial charge in [0.1, 0.15) is 10.8 Å². The quantitative estimate of drug-likeness (QED) is 0.450. The van der Waals surface area contributed by atoms with E-state index in [1.165, 1.54) is 37.5 Å². The lowest BCUT2D eigenvalue weighted by Gasteiger charge is -2.28. The molecule has 2 heterocycles. The number of hydrogen-bond donors (Lipinski definition) is 1. The number of carbonyl (C=O) groups excluding carboxylic acids is 1. The number of nitro groups is 1. The number of nitro benzene ring substituents is 1. The molecule has 0 aliphatic carbocycles. The van der Waals surface area contributed by atoms with Crippen LogP contribution < -0.4 is 10.2 Å². The van der Waals surface area contributed by atoms with Crippen molar-refractivity contribution in [2.45, 2.75) is 26.2 Å². The molecule has 0 radical (unpaired) electrons. The van der Waals surface area contributed by atoms with Crippen LogP contribution in [0.2, 0.25) is 5.02 Å². The molecule has 1 aromatic heterocycles. The molecule has 7 nitrogen and oxygen atoms in total. The van der Waals surface area contributed by atoms with Crippen molar-refractivity contribution in [3.05, 3.63) is 68.7 Å². The van der Waals surface area contributed by atoms with Crippen molar-refractivity contribution < 1.29 is 9.72 Å². The first-order valence-corrected chi connectivity index (χ1v) is 10.2. The van der Waals surface area contributed by atoms with Crippen molar-refractivity contribution in [2.24, 2.45) is 0 Å². The van der Waals surface area contributed by atoms with Gasteiger partial charge in [0.05, 0.1) is 10.4 Å². The molecule has 0 saturated carbocycles. The Bertz CT molecular complexity index is 1140. The maximum absolute atomic E-state index is 12.6. The lowest BCUT2D eigenvalue weighted by Crippen LogP contribution is -2.30. The predicted molar refractivity (Wildman–Crippen MR) is 119 cm³/mol. The SMILES string of the molecule is Cc1cc(N2CCCCC2)nc2ccc(NC(=O)c3ccc(Cl)c([N+](=O)[O-])c3)cc12. The molecule has 4 rings (SSSR count). The van der Waals surface area contributed by atoms with Crippen LogP contribution >= 0.6 is 11.6 Å². The van der Waals surface area contributed by atoms with Crippen LogP contribution in [0.1, 0.15) is 35.2 Å². The summed E-state index contributed by atoms with van der Waals surface area (Å²) in [6, 6.07) is 11.6. The third kappa shape index (κ3) is 4.07. The number of amides is 1. The molecule has 8 heteroatoms. The van der Waals surface area contributed by atoms with Crippen LogP contribution in [0.15, 0.2) is 42.5 Å². The van der Waals surface area contributed by atoms with Crippen LogP contribution in [0, 0.1) is 17.0 Å². The number of fused-ring (bicyclic) bond motifs is 1. The number of piperidine rings is 1. The summed E-state index contributed by atoms with van der Waals surface area (Å²) >= 11 is 5.82. The Morgan fingerprint density at radius 2 is 1.90 bits per heavy atom. The molecule has 3 aromatic rings. The highest BCUT2D eigenvalue weighted by Crippen LogP contribution is 2.28. The largest absolute Gasteiger partial charge is 0.357 e. The summed E-state index contributed by atoms with van der Waals surface area (Å²) in [5.74, 6) is 0.551. The van der Waals surface area contributed by atoms with Gasteiger partial charge in [0.2, 0.25) is 0 Å². The molecular weight excluding hydrogens is 404 g/mol. The first-order valence-electron chi connectivity index (χ1n) is 9.84. The second kappa shape index (κ2) is 8.28. The van der Waals surface area contributed by atoms with E-state index in [0.29, 0.717) is 5.69 Å². The van der Waals surface area contributed by atoms with Gasteiger partial charge in [0, 0.05) is 35.8 Å². The van der Waals surface area contributed by atoms with Crippen LogP contribution in [0.4, 0.5) is 17.2 Å². The van der Waals surface area contributed by atoms with Crippen molar-refractivity contribution in [3.8, 4) is 0 Å². The number of hydrogen-bond acceptors (Lipinski definition) is 5. The number of pyridine rings is 1. The first-order chi connectivity index (χ1) is 14.4. The number of aryl methyl sites for hydroxylation is 1. The summed E-state index contributed by atoms with van der Waals surface area (Å²) in [4.78, 5) is 30.2. The van der Waals surface area contributed by atoms with Crippen LogP contribution in [0.5, 0.6) is 0 Å². The van der Waals surface area contributed by atoms with E-state index in [1.807, 2.05) is 19.1 Å². The van der Waals surface area contributed by atoms with Gasteiger partial charge < -0.3 is 10.2 Å². The Balaban J connectivity index is 1.59. The third-order valence-corrected chi connectivity index (χ3v) is 5.66. The van der Waals surface area contributed by atoms with Gasteiger partial charge in [-0.05, 0) is 68.1 Å². The fourth-order valence-corrected chi connectivity index (χ4v) is 3.92. The predicted octanol–water partition coefficient (Wildman–Crippen LogP) is 5.35. The highest BCUT2D eigenvalue weighted by atomic mass is 35.5. The summed E-state index contributed by atoms with van der Waals surface area (Å²) in [7, 11) is 0. The smallest absolute Gasteiger partial charge is 0.288 e. The number of halogens is 1. The van der Waals surface area contributed by atoms with E-state index < -0.39 is 10.8 Å². The maximum atomic E-state index is 12.6. The van der Waals surface area contributed by atoms with E-state index in [2.05, 4.69) is 16.3 Å². The zero-order valence-corrected chi connectivity index (χ0v) is 17.3. The van der Waals surface area contributed by atoms with Gasteiger partial charge in [-0.1, -0.05) is 11.6 Å². The first kappa shape index (κ1) is 20.1. The second-order valence-corrected chi connectivity index (χ2v) is 7.86. The van der Waals surface area contributed by atoms with Crippen LogP contribution in [-0.2, 0) is 0 Å². The molecule has 1 fully saturated rings. The molecule has 2 aromatic carbocycles. The van der Waals surface area contributed by atoms with Gasteiger partial charge in [-0.2, -0.15) is 0 Å². The Labute approximate surface area is 178 Å². The third-order valence-electron chi connectivity index (χ3n) is 5.34. The van der Waals surface area contributed by atoms with E-state index in [9.17, 15) is 14.9 Å². The Hall–Kier alpha value is -3.19. The van der Waals surface area contributed by atoms with E-state index in [1.54, 1.807) is 6.07 Å². The number of benzene rings is 2. The number of anilines is 2. The topological polar surface area (TPSA) is 88.4 Å². The zero-order valence-electron chi connectivity index (χ0n) is 16.5. The second-order valence-electron chi connectivity index (χ2n) is 7.45. The molecular formula is C22H21ClN4O3. The normalized spacial score (nSPS) is 14.0. The maximum Gasteiger partial charge on any atom is 0.288 e. The molecule has 1 aliphatic heterocycles. The van der Waals surface area contributed by atoms with Crippen LogP contribution in [0.25, 0.3) is 10.9 Å². The molecule has 1 saturated heterocycles. The van der Waals surface area contributed by atoms with E-state index in [0.717, 1.165) is 35.4 Å². The van der Waals surface area contributed by atoms with Gasteiger partial charge in [-0.15, -0.1) is 0 Å². The van der Waals surface area contributed by atoms with Gasteiger partial charge in [-0.25, -0.2) is 4.98 Å². The summed E-state index contributed by atoms with van der Waals surface area (Å²) in [6.07, 6.45) is 3.64. The Morgan fingerprint density at radius 3 is 2.63 bits per heavy atom. The van der Waals surface area contributed by atoms with E-state index >= 15 is 0 Å². The van der Waals surface area contributed by atoms with Crippen molar-refractivity contribution in [1.82, 2.24) is 4.98 Å². The van der Waals surface area contributed by atoms with Crippen molar-refractivity contribution in [2.75, 3.05) is 23.3 Å². The molecule has 1 aliphatic rings. The summed E-state index contributed by atoms with van der Waals surface area (Å²) in [5.41, 5.74) is 2.42. The lowest BCUT2D eigenvalue weighted by atomic mass is 10.1. The lowest BCUT2D eigenvalue weighted by molar-refractivity contribution is -0.384. The standard InChI is InChI=1S/C22H21ClN4O3/c1-14-11-21(26-9-3-2-4-10-26)25-19-8-6-16(13-17(14)19)24-22(28)15-5-7-18(23)20(12-15)27(29)30/h5-8,11-13H,2-4,9-10H2,1H3,(H,24,28). The Morgan fingerprint density at radius 1 is 1.13 bits per heavy atom. The molecule has 0 unspecified atom stereocenters. The fourth-order valence-electron chi connectivity index (χ4n) is 3.74. The van der Waals surface area contributed by atoms with Gasteiger partial charge in [-0.3, -0.25) is 14.9 Å². The number of carbonyl (C=O) groups is 1. The van der Waals surface area contributed by atoms with Crippen LogP contribution in [0.3, 0.4) is 0 Å². The van der Waals surface area contributed by atoms with Crippen molar-refractivity contribution in [3.63, 3.8) is 0 Å². The van der Waals surface area contributed by atoms with Crippen molar-refractivity contribution >= 4 is 45.6 Å². The summed E-state index contributed by atoms with van der Waals surface area (Å²) < 4.78 is 0. The summed E-state index contributed by atoms with van der Waals surface area (Å²) in [5, 5.41) is 14.8. The average Bonchev–Trinajstić information content (AvgIpc) is 2.74. The minimum Gasteiger partial charge on any atom is -0.357 e. The van der Waals surface area contributed by atoms with E-state index in [-0.39, 0.29) is 16.3 Å². The van der Waals surface area contributed by atoms with E-state index in [4.69, 9.17) is 16.6 Å². The van der Waals surface area contributed by atoms with Crippen LogP contribution in [-0.4, -0.2) is 28.9 Å². The molecule has 0 spiro atoms. The fraction of sp³-hybridized carbons (Fsp3) is 0.273. The monoisotopic (exact) mass is 424 g/mol. The van der Waals surface area contributed by atoms with Gasteiger partial charge in [0.25, 0.3) is 11.6 Å². The highest BCUT2D eigenvalue weighted by Gasteiger charge is 2.17. The highest BCUT2D eigenvalue weighted by molar-refractivity contribution is 6.32. The van der Waals surface area contributed by atoms with Gasteiger partial charge in [0.15, 0.2) is 0 Å². The zero-order chi connectivity index (χ0) is 21.3. The number of rotatable bonds is 4. The number of nitrogens with zero attached hydrogens (tertiary/aromatic N) is 3. The minimum atomic E-state index is -0.607. The van der Waals surface area contributed by atoms with Crippen molar-refractivity contribution in [1.29, 1.82) is 0 Å². The average molecular weight is 425 g/mol. The summed E-state index contributed by atoms with van der Waals surface area (Å²) in [6.45, 7) is 4.09. The molecule has 0 atom stereocenters. The molecule has 154 valence electrons. The number of nitrogens with one attached hydrogen (secondary N) is 1. The number of aromatic nitrogens is 1. The molecule has 0 bridgehead atoms. The van der Waals surface area contributed by atoms with Gasteiger partial charge >= 0.3 is 0 Å². The minimum absolute atomic E-state index is 0.00605. The molecule has 1 amide bonds.